The first kappa shape index (κ1) is 15.9. The first-order chi connectivity index (χ1) is 10.2. The number of esters is 1. The quantitative estimate of drug-likeness (QED) is 0.648. The number of fused-ring (bicyclic) bond motifs is 1. The van der Waals surface area contributed by atoms with Gasteiger partial charge in [-0.25, -0.2) is 0 Å². The molecule has 0 bridgehead atoms. The van der Waals surface area contributed by atoms with E-state index in [1.54, 1.807) is 0 Å². The van der Waals surface area contributed by atoms with Crippen LogP contribution in [0.1, 0.15) is 36.4 Å². The Morgan fingerprint density at radius 3 is 3.00 bits per heavy atom. The summed E-state index contributed by atoms with van der Waals surface area (Å²) in [5, 5.41) is 3.10. The van der Waals surface area contributed by atoms with Gasteiger partial charge in [0.15, 0.2) is 0 Å². The van der Waals surface area contributed by atoms with Crippen molar-refractivity contribution in [3.8, 4) is 0 Å². The third-order valence-corrected chi connectivity index (χ3v) is 4.58. The number of nitrogens with one attached hydrogen (secondary N) is 1. The van der Waals surface area contributed by atoms with Gasteiger partial charge in [-0.2, -0.15) is 11.8 Å². The van der Waals surface area contributed by atoms with E-state index in [2.05, 4.69) is 22.2 Å². The first-order valence-corrected chi connectivity index (χ1v) is 8.38. The van der Waals surface area contributed by atoms with Gasteiger partial charge in [-0.05, 0) is 30.4 Å². The SMILES string of the molecule is COC(=O)CCSCC(=O)N[C@@H]1CCCc2ccccc21. The van der Waals surface area contributed by atoms with Crippen molar-refractivity contribution in [2.45, 2.75) is 31.7 Å². The van der Waals surface area contributed by atoms with Crippen molar-refractivity contribution in [1.29, 1.82) is 0 Å². The number of thioether (sulfide) groups is 1. The molecule has 21 heavy (non-hydrogen) atoms. The number of rotatable bonds is 6. The van der Waals surface area contributed by atoms with Crippen LogP contribution in [0.2, 0.25) is 0 Å². The van der Waals surface area contributed by atoms with E-state index in [1.807, 2.05) is 12.1 Å². The Balaban J connectivity index is 1.77. The van der Waals surface area contributed by atoms with Crippen LogP contribution in [0.3, 0.4) is 0 Å². The number of hydrogen-bond donors (Lipinski definition) is 1. The number of carbonyl (C=O) groups is 2. The highest BCUT2D eigenvalue weighted by molar-refractivity contribution is 7.99. The van der Waals surface area contributed by atoms with Gasteiger partial charge in [0.1, 0.15) is 0 Å². The third-order valence-electron chi connectivity index (χ3n) is 3.62. The van der Waals surface area contributed by atoms with Gasteiger partial charge in [0.25, 0.3) is 0 Å². The second-order valence-corrected chi connectivity index (χ2v) is 6.20. The Bertz CT molecular complexity index is 504. The van der Waals surface area contributed by atoms with Gasteiger partial charge in [0.05, 0.1) is 25.3 Å². The van der Waals surface area contributed by atoms with Crippen LogP contribution in [-0.4, -0.2) is 30.5 Å². The summed E-state index contributed by atoms with van der Waals surface area (Å²) >= 11 is 1.46. The summed E-state index contributed by atoms with van der Waals surface area (Å²) in [4.78, 5) is 23.0. The summed E-state index contributed by atoms with van der Waals surface area (Å²) in [6.07, 6.45) is 3.55. The largest absolute Gasteiger partial charge is 0.469 e. The zero-order valence-corrected chi connectivity index (χ0v) is 13.1. The van der Waals surface area contributed by atoms with Crippen LogP contribution >= 0.6 is 11.8 Å². The molecule has 5 heteroatoms. The van der Waals surface area contributed by atoms with Crippen molar-refractivity contribution < 1.29 is 14.3 Å². The van der Waals surface area contributed by atoms with E-state index < -0.39 is 0 Å². The summed E-state index contributed by atoms with van der Waals surface area (Å²) in [6, 6.07) is 8.44. The predicted octanol–water partition coefficient (Wildman–Crippen LogP) is 2.48. The molecule has 1 N–H and O–H groups in total. The molecule has 0 fully saturated rings. The molecule has 1 amide bonds. The lowest BCUT2D eigenvalue weighted by Gasteiger charge is -2.26. The van der Waals surface area contributed by atoms with Gasteiger partial charge >= 0.3 is 5.97 Å². The Kier molecular flexibility index (Phi) is 6.11. The normalized spacial score (nSPS) is 16.9. The van der Waals surface area contributed by atoms with Crippen molar-refractivity contribution in [2.75, 3.05) is 18.6 Å². The maximum Gasteiger partial charge on any atom is 0.306 e. The van der Waals surface area contributed by atoms with Crippen LogP contribution in [0.4, 0.5) is 0 Å². The van der Waals surface area contributed by atoms with E-state index in [1.165, 1.54) is 30.0 Å². The lowest BCUT2D eigenvalue weighted by Crippen LogP contribution is -2.32. The molecule has 0 aliphatic heterocycles. The van der Waals surface area contributed by atoms with Crippen LogP contribution in [0.15, 0.2) is 24.3 Å². The standard InChI is InChI=1S/C16H21NO3S/c1-20-16(19)9-10-21-11-15(18)17-14-8-4-6-12-5-2-3-7-13(12)14/h2-3,5,7,14H,4,6,8-11H2,1H3,(H,17,18)/t14-/m1/s1. The van der Waals surface area contributed by atoms with Crippen LogP contribution in [0, 0.1) is 0 Å². The highest BCUT2D eigenvalue weighted by Crippen LogP contribution is 2.29. The van der Waals surface area contributed by atoms with E-state index in [4.69, 9.17) is 0 Å². The fraction of sp³-hybridized carbons (Fsp3) is 0.500. The lowest BCUT2D eigenvalue weighted by atomic mass is 9.88. The van der Waals surface area contributed by atoms with Crippen molar-refractivity contribution in [3.63, 3.8) is 0 Å². The van der Waals surface area contributed by atoms with Crippen molar-refractivity contribution in [1.82, 2.24) is 5.32 Å². The summed E-state index contributed by atoms with van der Waals surface area (Å²) in [7, 11) is 1.38. The molecule has 0 saturated carbocycles. The molecule has 0 unspecified atom stereocenters. The Hall–Kier alpha value is -1.49. The van der Waals surface area contributed by atoms with Gasteiger partial charge in [-0.3, -0.25) is 9.59 Å². The van der Waals surface area contributed by atoms with Crippen molar-refractivity contribution in [2.24, 2.45) is 0 Å². The maximum atomic E-state index is 12.0. The zero-order valence-electron chi connectivity index (χ0n) is 12.3. The predicted molar refractivity (Wildman–Crippen MR) is 84.2 cm³/mol. The number of aryl methyl sites for hydroxylation is 1. The molecule has 1 aromatic rings. The van der Waals surface area contributed by atoms with E-state index in [0.717, 1.165) is 19.3 Å². The van der Waals surface area contributed by atoms with Gasteiger partial charge in [-0.15, -0.1) is 0 Å². The fourth-order valence-corrected chi connectivity index (χ4v) is 3.29. The molecule has 4 nitrogen and oxygen atoms in total. The average molecular weight is 307 g/mol. The van der Waals surface area contributed by atoms with Crippen LogP contribution < -0.4 is 5.32 Å². The van der Waals surface area contributed by atoms with Crippen molar-refractivity contribution in [3.05, 3.63) is 35.4 Å². The molecule has 0 heterocycles. The topological polar surface area (TPSA) is 55.4 Å². The Morgan fingerprint density at radius 2 is 2.19 bits per heavy atom. The highest BCUT2D eigenvalue weighted by atomic mass is 32.2. The second-order valence-electron chi connectivity index (χ2n) is 5.09. The van der Waals surface area contributed by atoms with E-state index in [-0.39, 0.29) is 17.9 Å². The number of benzene rings is 1. The minimum Gasteiger partial charge on any atom is -0.469 e. The van der Waals surface area contributed by atoms with Gasteiger partial charge < -0.3 is 10.1 Å². The lowest BCUT2D eigenvalue weighted by molar-refractivity contribution is -0.140. The number of ether oxygens (including phenoxy) is 1. The number of carbonyl (C=O) groups excluding carboxylic acids is 2. The fourth-order valence-electron chi connectivity index (χ4n) is 2.56. The smallest absolute Gasteiger partial charge is 0.306 e. The van der Waals surface area contributed by atoms with Gasteiger partial charge in [0.2, 0.25) is 5.91 Å². The van der Waals surface area contributed by atoms with Crippen LogP contribution in [0.25, 0.3) is 0 Å². The molecule has 2 rings (SSSR count). The van der Waals surface area contributed by atoms with E-state index in [0.29, 0.717) is 17.9 Å². The summed E-state index contributed by atoms with van der Waals surface area (Å²) in [6.45, 7) is 0. The zero-order chi connectivity index (χ0) is 15.1. The van der Waals surface area contributed by atoms with E-state index >= 15 is 0 Å². The molecular weight excluding hydrogens is 286 g/mol. The summed E-state index contributed by atoms with van der Waals surface area (Å²) in [5.41, 5.74) is 2.59. The summed E-state index contributed by atoms with van der Waals surface area (Å²) in [5.74, 6) is 0.799. The molecule has 0 saturated heterocycles. The highest BCUT2D eigenvalue weighted by Gasteiger charge is 2.21. The molecule has 1 aliphatic carbocycles. The molecule has 1 aliphatic rings. The van der Waals surface area contributed by atoms with Gasteiger partial charge in [0, 0.05) is 5.75 Å². The number of amides is 1. The molecule has 1 atom stereocenters. The number of methoxy groups -OCH3 is 1. The molecular formula is C16H21NO3S. The minimum absolute atomic E-state index is 0.0339. The molecule has 0 spiro atoms. The molecule has 1 aromatic carbocycles. The van der Waals surface area contributed by atoms with Crippen LogP contribution in [0.5, 0.6) is 0 Å². The van der Waals surface area contributed by atoms with Gasteiger partial charge in [-0.1, -0.05) is 24.3 Å². The molecule has 0 radical (unpaired) electrons. The third kappa shape index (κ3) is 4.77. The van der Waals surface area contributed by atoms with Crippen LogP contribution in [-0.2, 0) is 20.7 Å². The van der Waals surface area contributed by atoms with Crippen molar-refractivity contribution >= 4 is 23.6 Å². The Morgan fingerprint density at radius 1 is 1.38 bits per heavy atom. The van der Waals surface area contributed by atoms with E-state index in [9.17, 15) is 9.59 Å². The average Bonchev–Trinajstić information content (AvgIpc) is 2.51. The second kappa shape index (κ2) is 8.08. The minimum atomic E-state index is -0.232. The number of hydrogen-bond acceptors (Lipinski definition) is 4. The first-order valence-electron chi connectivity index (χ1n) is 7.22. The maximum absolute atomic E-state index is 12.0. The molecule has 114 valence electrons. The summed E-state index contributed by atoms with van der Waals surface area (Å²) < 4.78 is 4.56. The Labute approximate surface area is 129 Å². The monoisotopic (exact) mass is 307 g/mol. The molecule has 0 aromatic heterocycles.